The van der Waals surface area contributed by atoms with Crippen molar-refractivity contribution in [3.8, 4) is 0 Å². The van der Waals surface area contributed by atoms with Crippen molar-refractivity contribution < 1.29 is 13.2 Å². The van der Waals surface area contributed by atoms with Crippen molar-refractivity contribution in [3.63, 3.8) is 0 Å². The molecule has 2 heterocycles. The van der Waals surface area contributed by atoms with Crippen LogP contribution in [0.15, 0.2) is 18.2 Å². The number of fused-ring (bicyclic) bond motifs is 1. The van der Waals surface area contributed by atoms with Gasteiger partial charge in [-0.15, -0.1) is 0 Å². The Bertz CT molecular complexity index is 724. The number of hydrogen-bond donors (Lipinski definition) is 1. The van der Waals surface area contributed by atoms with Crippen LogP contribution in [0.2, 0.25) is 0 Å². The van der Waals surface area contributed by atoms with E-state index in [2.05, 4.69) is 5.32 Å². The third-order valence-corrected chi connectivity index (χ3v) is 6.70. The number of benzene rings is 1. The first-order chi connectivity index (χ1) is 11.9. The van der Waals surface area contributed by atoms with Crippen LogP contribution in [0.5, 0.6) is 0 Å². The molecule has 0 radical (unpaired) electrons. The summed E-state index contributed by atoms with van der Waals surface area (Å²) < 4.78 is 24.9. The largest absolute Gasteiger partial charge is 0.317 e. The molecule has 1 fully saturated rings. The molecule has 3 rings (SSSR count). The lowest BCUT2D eigenvalue weighted by molar-refractivity contribution is 0.0976. The fraction of sp³-hybridized carbons (Fsp3) is 0.632. The number of nitrogens with zero attached hydrogens (tertiary/aromatic N) is 1. The number of ketones is 1. The Morgan fingerprint density at radius 3 is 2.72 bits per heavy atom. The maximum atomic E-state index is 12.5. The molecule has 2 aliphatic rings. The van der Waals surface area contributed by atoms with Crippen molar-refractivity contribution in [1.82, 2.24) is 9.62 Å². The van der Waals surface area contributed by atoms with Crippen LogP contribution in [0.3, 0.4) is 0 Å². The molecule has 6 heteroatoms. The van der Waals surface area contributed by atoms with Crippen LogP contribution in [-0.2, 0) is 23.0 Å². The minimum absolute atomic E-state index is 0.210. The van der Waals surface area contributed by atoms with Gasteiger partial charge < -0.3 is 5.32 Å². The topological polar surface area (TPSA) is 66.5 Å². The summed E-state index contributed by atoms with van der Waals surface area (Å²) in [5.74, 6) is 0.974. The number of Topliss-reactive ketones (excluding diaryl/α,β-unsaturated/α-hetero) is 1. The van der Waals surface area contributed by atoms with Gasteiger partial charge in [0.05, 0.1) is 6.26 Å². The number of rotatable bonds is 6. The summed E-state index contributed by atoms with van der Waals surface area (Å²) >= 11 is 0. The highest BCUT2D eigenvalue weighted by Gasteiger charge is 2.23. The number of piperidine rings is 1. The second-order valence-electron chi connectivity index (χ2n) is 7.34. The Labute approximate surface area is 150 Å². The van der Waals surface area contributed by atoms with E-state index in [1.807, 2.05) is 18.2 Å². The molecule has 0 aliphatic carbocycles. The average Bonchev–Trinajstić information content (AvgIpc) is 2.61. The molecular formula is C19H28N2O3S. The van der Waals surface area contributed by atoms with Crippen LogP contribution < -0.4 is 5.32 Å². The van der Waals surface area contributed by atoms with Crippen molar-refractivity contribution in [2.24, 2.45) is 5.92 Å². The highest BCUT2D eigenvalue weighted by molar-refractivity contribution is 7.88. The minimum atomic E-state index is -3.16. The number of carbonyl (C=O) groups is 1. The van der Waals surface area contributed by atoms with Crippen LogP contribution >= 0.6 is 0 Å². The van der Waals surface area contributed by atoms with Gasteiger partial charge in [-0.25, -0.2) is 8.42 Å². The Morgan fingerprint density at radius 2 is 2.00 bits per heavy atom. The molecule has 0 bridgehead atoms. The van der Waals surface area contributed by atoms with Crippen molar-refractivity contribution in [3.05, 3.63) is 34.9 Å². The number of hydrogen-bond acceptors (Lipinski definition) is 4. The Kier molecular flexibility index (Phi) is 5.92. The number of sulfonamides is 1. The SMILES string of the molecule is CS(=O)(=O)N1CCc2cc(C(=O)CCCC3CCNCC3)ccc2C1. The lowest BCUT2D eigenvalue weighted by Crippen LogP contribution is -2.35. The van der Waals surface area contributed by atoms with Gasteiger partial charge in [0.1, 0.15) is 0 Å². The first-order valence-electron chi connectivity index (χ1n) is 9.24. The van der Waals surface area contributed by atoms with Gasteiger partial charge in [0.15, 0.2) is 5.78 Å². The van der Waals surface area contributed by atoms with E-state index < -0.39 is 10.0 Å². The van der Waals surface area contributed by atoms with E-state index in [9.17, 15) is 13.2 Å². The van der Waals surface area contributed by atoms with E-state index in [1.54, 1.807) is 0 Å². The van der Waals surface area contributed by atoms with Gasteiger partial charge in [-0.05, 0) is 68.3 Å². The van der Waals surface area contributed by atoms with E-state index in [1.165, 1.54) is 23.4 Å². The predicted molar refractivity (Wildman–Crippen MR) is 99.2 cm³/mol. The van der Waals surface area contributed by atoms with Gasteiger partial charge in [0.25, 0.3) is 0 Å². The maximum absolute atomic E-state index is 12.5. The van der Waals surface area contributed by atoms with E-state index in [0.717, 1.165) is 48.5 Å². The van der Waals surface area contributed by atoms with E-state index in [0.29, 0.717) is 25.9 Å². The van der Waals surface area contributed by atoms with E-state index in [-0.39, 0.29) is 5.78 Å². The summed E-state index contributed by atoms with van der Waals surface area (Å²) in [6.07, 6.45) is 7.09. The zero-order valence-electron chi connectivity index (χ0n) is 15.0. The van der Waals surface area contributed by atoms with Gasteiger partial charge in [0.2, 0.25) is 10.0 Å². The van der Waals surface area contributed by atoms with Crippen LogP contribution in [0.25, 0.3) is 0 Å². The third kappa shape index (κ3) is 4.90. The van der Waals surface area contributed by atoms with Crippen LogP contribution in [-0.4, -0.2) is 44.4 Å². The smallest absolute Gasteiger partial charge is 0.211 e. The van der Waals surface area contributed by atoms with E-state index >= 15 is 0 Å². The fourth-order valence-corrected chi connectivity index (χ4v) is 4.65. The van der Waals surface area contributed by atoms with Gasteiger partial charge in [0, 0.05) is 25.1 Å². The van der Waals surface area contributed by atoms with Gasteiger partial charge in [-0.1, -0.05) is 12.1 Å². The standard InChI is InChI=1S/C19H28N2O3S/c1-25(23,24)21-12-9-16-13-17(5-6-18(16)14-21)19(22)4-2-3-15-7-10-20-11-8-15/h5-6,13,15,20H,2-4,7-12,14H2,1H3. The molecule has 5 nitrogen and oxygen atoms in total. The second-order valence-corrected chi connectivity index (χ2v) is 9.32. The summed E-state index contributed by atoms with van der Waals surface area (Å²) in [5.41, 5.74) is 2.91. The van der Waals surface area contributed by atoms with Crippen molar-refractivity contribution in [2.45, 2.75) is 45.1 Å². The molecule has 25 heavy (non-hydrogen) atoms. The highest BCUT2D eigenvalue weighted by Crippen LogP contribution is 2.24. The van der Waals surface area contributed by atoms with Crippen molar-refractivity contribution in [1.29, 1.82) is 0 Å². The summed E-state index contributed by atoms with van der Waals surface area (Å²) in [6.45, 7) is 3.12. The first-order valence-corrected chi connectivity index (χ1v) is 11.1. The van der Waals surface area contributed by atoms with Gasteiger partial charge in [-0.3, -0.25) is 4.79 Å². The molecule has 0 aromatic heterocycles. The monoisotopic (exact) mass is 364 g/mol. The molecule has 138 valence electrons. The molecule has 1 saturated heterocycles. The molecule has 1 aromatic carbocycles. The number of nitrogens with one attached hydrogen (secondary N) is 1. The normalized spacial score (nSPS) is 19.6. The second kappa shape index (κ2) is 7.98. The zero-order chi connectivity index (χ0) is 17.9. The fourth-order valence-electron chi connectivity index (χ4n) is 3.85. The first kappa shape index (κ1) is 18.5. The molecule has 0 unspecified atom stereocenters. The molecular weight excluding hydrogens is 336 g/mol. The predicted octanol–water partition coefficient (Wildman–Crippen LogP) is 2.36. The van der Waals surface area contributed by atoms with Crippen LogP contribution in [0.1, 0.15) is 53.6 Å². The maximum Gasteiger partial charge on any atom is 0.211 e. The van der Waals surface area contributed by atoms with Crippen LogP contribution in [0, 0.1) is 5.92 Å². The van der Waals surface area contributed by atoms with E-state index in [4.69, 9.17) is 0 Å². The Morgan fingerprint density at radius 1 is 1.24 bits per heavy atom. The van der Waals surface area contributed by atoms with Crippen molar-refractivity contribution >= 4 is 15.8 Å². The lowest BCUT2D eigenvalue weighted by atomic mass is 9.91. The molecule has 0 atom stereocenters. The highest BCUT2D eigenvalue weighted by atomic mass is 32.2. The quantitative estimate of drug-likeness (QED) is 0.787. The Hall–Kier alpha value is -1.24. The van der Waals surface area contributed by atoms with Crippen molar-refractivity contribution in [2.75, 3.05) is 25.9 Å². The summed E-state index contributed by atoms with van der Waals surface area (Å²) in [5, 5.41) is 3.37. The molecule has 1 aromatic rings. The Balaban J connectivity index is 1.55. The summed E-state index contributed by atoms with van der Waals surface area (Å²) in [7, 11) is -3.16. The van der Waals surface area contributed by atoms with Gasteiger partial charge >= 0.3 is 0 Å². The molecule has 2 aliphatic heterocycles. The number of carbonyl (C=O) groups excluding carboxylic acids is 1. The molecule has 0 amide bonds. The molecule has 0 spiro atoms. The zero-order valence-corrected chi connectivity index (χ0v) is 15.8. The summed E-state index contributed by atoms with van der Waals surface area (Å²) in [4.78, 5) is 12.5. The minimum Gasteiger partial charge on any atom is -0.317 e. The van der Waals surface area contributed by atoms with Gasteiger partial charge in [-0.2, -0.15) is 4.31 Å². The average molecular weight is 365 g/mol. The molecule has 1 N–H and O–H groups in total. The molecule has 0 saturated carbocycles. The third-order valence-electron chi connectivity index (χ3n) is 5.45. The lowest BCUT2D eigenvalue weighted by Gasteiger charge is -2.27. The summed E-state index contributed by atoms with van der Waals surface area (Å²) in [6, 6.07) is 5.76. The van der Waals surface area contributed by atoms with Crippen LogP contribution in [0.4, 0.5) is 0 Å².